The Morgan fingerprint density at radius 1 is 1.42 bits per heavy atom. The quantitative estimate of drug-likeness (QED) is 0.823. The number of nitrogens with one attached hydrogen (secondary N) is 2. The van der Waals surface area contributed by atoms with Crippen LogP contribution in [0.5, 0.6) is 0 Å². The smallest absolute Gasteiger partial charge is 0.170 e. The summed E-state index contributed by atoms with van der Waals surface area (Å²) in [6.45, 7) is 5.80. The highest BCUT2D eigenvalue weighted by molar-refractivity contribution is 9.10. The fourth-order valence-electron chi connectivity index (χ4n) is 2.28. The van der Waals surface area contributed by atoms with Gasteiger partial charge in [-0.1, -0.05) is 15.9 Å². The molecule has 0 bridgehead atoms. The molecule has 1 atom stereocenters. The van der Waals surface area contributed by atoms with Crippen LogP contribution in [0.25, 0.3) is 0 Å². The highest BCUT2D eigenvalue weighted by Gasteiger charge is 2.15. The predicted molar refractivity (Wildman–Crippen MR) is 86.8 cm³/mol. The zero-order valence-electron chi connectivity index (χ0n) is 11.3. The molecule has 2 rings (SSSR count). The molecule has 3 nitrogen and oxygen atoms in total. The predicted octanol–water partition coefficient (Wildman–Crippen LogP) is 3.53. The molecule has 1 aliphatic rings. The maximum Gasteiger partial charge on any atom is 0.170 e. The van der Waals surface area contributed by atoms with E-state index in [1.807, 2.05) is 0 Å². The molecule has 0 spiro atoms. The van der Waals surface area contributed by atoms with E-state index in [-0.39, 0.29) is 0 Å². The number of anilines is 1. The van der Waals surface area contributed by atoms with Crippen LogP contribution < -0.4 is 10.6 Å². The van der Waals surface area contributed by atoms with E-state index in [0.717, 1.165) is 36.2 Å². The minimum absolute atomic E-state index is 0.298. The van der Waals surface area contributed by atoms with Crippen molar-refractivity contribution in [3.63, 3.8) is 0 Å². The normalized spacial score (nSPS) is 18.4. The van der Waals surface area contributed by atoms with Crippen molar-refractivity contribution in [3.8, 4) is 0 Å². The van der Waals surface area contributed by atoms with Crippen molar-refractivity contribution in [2.45, 2.75) is 32.8 Å². The van der Waals surface area contributed by atoms with Gasteiger partial charge in [0.25, 0.3) is 0 Å². The third kappa shape index (κ3) is 4.16. The van der Waals surface area contributed by atoms with Gasteiger partial charge < -0.3 is 15.4 Å². The van der Waals surface area contributed by atoms with Gasteiger partial charge in [-0.3, -0.25) is 0 Å². The van der Waals surface area contributed by atoms with Crippen molar-refractivity contribution >= 4 is 38.9 Å². The first-order valence-corrected chi connectivity index (χ1v) is 7.69. The zero-order valence-corrected chi connectivity index (χ0v) is 13.7. The Labute approximate surface area is 128 Å². The number of rotatable bonds is 3. The van der Waals surface area contributed by atoms with Gasteiger partial charge >= 0.3 is 0 Å². The Morgan fingerprint density at radius 2 is 2.11 bits per heavy atom. The third-order valence-corrected chi connectivity index (χ3v) is 3.95. The van der Waals surface area contributed by atoms with Gasteiger partial charge in [0.1, 0.15) is 0 Å². The van der Waals surface area contributed by atoms with Gasteiger partial charge in [-0.05, 0) is 62.2 Å². The first kappa shape index (κ1) is 14.8. The van der Waals surface area contributed by atoms with Crippen molar-refractivity contribution in [1.82, 2.24) is 5.32 Å². The Balaban J connectivity index is 1.91. The molecule has 0 aromatic heterocycles. The average molecular weight is 343 g/mol. The first-order valence-electron chi connectivity index (χ1n) is 6.49. The van der Waals surface area contributed by atoms with Crippen LogP contribution in [0, 0.1) is 13.8 Å². The van der Waals surface area contributed by atoms with Crippen LogP contribution in [0.1, 0.15) is 24.0 Å². The van der Waals surface area contributed by atoms with Crippen LogP contribution >= 0.6 is 28.1 Å². The lowest BCUT2D eigenvalue weighted by Gasteiger charge is -2.17. The van der Waals surface area contributed by atoms with Crippen LogP contribution in [0.2, 0.25) is 0 Å². The van der Waals surface area contributed by atoms with E-state index >= 15 is 0 Å². The Kier molecular flexibility index (Phi) is 5.19. The Hall–Kier alpha value is -0.650. The van der Waals surface area contributed by atoms with Crippen molar-refractivity contribution in [2.24, 2.45) is 0 Å². The molecule has 19 heavy (non-hydrogen) atoms. The summed E-state index contributed by atoms with van der Waals surface area (Å²) in [4.78, 5) is 0. The van der Waals surface area contributed by atoms with Crippen molar-refractivity contribution in [1.29, 1.82) is 0 Å². The lowest BCUT2D eigenvalue weighted by atomic mass is 10.1. The second-order valence-electron chi connectivity index (χ2n) is 4.88. The summed E-state index contributed by atoms with van der Waals surface area (Å²) in [7, 11) is 0. The number of aryl methyl sites for hydroxylation is 2. The monoisotopic (exact) mass is 342 g/mol. The molecular weight excluding hydrogens is 324 g/mol. The summed E-state index contributed by atoms with van der Waals surface area (Å²) >= 11 is 8.83. The largest absolute Gasteiger partial charge is 0.376 e. The first-order chi connectivity index (χ1) is 9.06. The number of halogens is 1. The molecule has 0 radical (unpaired) electrons. The molecular formula is C14H19BrN2OS. The van der Waals surface area contributed by atoms with Gasteiger partial charge in [0, 0.05) is 23.3 Å². The molecule has 1 fully saturated rings. The summed E-state index contributed by atoms with van der Waals surface area (Å²) in [5.41, 5.74) is 3.43. The third-order valence-electron chi connectivity index (χ3n) is 3.25. The van der Waals surface area contributed by atoms with Crippen LogP contribution in [-0.4, -0.2) is 24.4 Å². The van der Waals surface area contributed by atoms with Crippen molar-refractivity contribution in [2.75, 3.05) is 18.5 Å². The van der Waals surface area contributed by atoms with E-state index in [4.69, 9.17) is 17.0 Å². The highest BCUT2D eigenvalue weighted by Crippen LogP contribution is 2.25. The van der Waals surface area contributed by atoms with Crippen molar-refractivity contribution in [3.05, 3.63) is 27.7 Å². The topological polar surface area (TPSA) is 33.3 Å². The summed E-state index contributed by atoms with van der Waals surface area (Å²) in [6, 6.07) is 4.16. The molecule has 104 valence electrons. The van der Waals surface area contributed by atoms with E-state index in [1.54, 1.807) is 0 Å². The molecule has 1 aliphatic heterocycles. The summed E-state index contributed by atoms with van der Waals surface area (Å²) in [5.74, 6) is 0. The maximum atomic E-state index is 5.56. The molecule has 1 saturated heterocycles. The van der Waals surface area contributed by atoms with Crippen LogP contribution in [-0.2, 0) is 4.74 Å². The lowest BCUT2D eigenvalue weighted by molar-refractivity contribution is 0.114. The molecule has 0 aliphatic carbocycles. The SMILES string of the molecule is Cc1cc(Br)cc(C)c1NC(=S)NC[C@@H]1CCCO1. The molecule has 1 aromatic rings. The minimum Gasteiger partial charge on any atom is -0.376 e. The number of ether oxygens (including phenoxy) is 1. The van der Waals surface area contributed by atoms with Gasteiger partial charge in [-0.25, -0.2) is 0 Å². The van der Waals surface area contributed by atoms with E-state index in [2.05, 4.69) is 52.5 Å². The van der Waals surface area contributed by atoms with E-state index < -0.39 is 0 Å². The fourth-order valence-corrected chi connectivity index (χ4v) is 3.15. The molecule has 2 N–H and O–H groups in total. The highest BCUT2D eigenvalue weighted by atomic mass is 79.9. The number of benzene rings is 1. The Morgan fingerprint density at radius 3 is 2.68 bits per heavy atom. The van der Waals surface area contributed by atoms with Gasteiger partial charge in [0.15, 0.2) is 5.11 Å². The summed E-state index contributed by atoms with van der Waals surface area (Å²) in [5, 5.41) is 7.16. The van der Waals surface area contributed by atoms with Crippen LogP contribution in [0.15, 0.2) is 16.6 Å². The zero-order chi connectivity index (χ0) is 13.8. The van der Waals surface area contributed by atoms with Crippen LogP contribution in [0.3, 0.4) is 0 Å². The van der Waals surface area contributed by atoms with Crippen LogP contribution in [0.4, 0.5) is 5.69 Å². The molecule has 0 saturated carbocycles. The second kappa shape index (κ2) is 6.68. The van der Waals surface area contributed by atoms with E-state index in [9.17, 15) is 0 Å². The fraction of sp³-hybridized carbons (Fsp3) is 0.500. The van der Waals surface area contributed by atoms with Crippen molar-refractivity contribution < 1.29 is 4.74 Å². The lowest BCUT2D eigenvalue weighted by Crippen LogP contribution is -2.35. The molecule has 1 aromatic carbocycles. The second-order valence-corrected chi connectivity index (χ2v) is 6.21. The van der Waals surface area contributed by atoms with Gasteiger partial charge in [0.05, 0.1) is 6.10 Å². The summed E-state index contributed by atoms with van der Waals surface area (Å²) < 4.78 is 6.65. The maximum absolute atomic E-state index is 5.56. The number of hydrogen-bond donors (Lipinski definition) is 2. The molecule has 0 amide bonds. The molecule has 0 unspecified atom stereocenters. The minimum atomic E-state index is 0.298. The van der Waals surface area contributed by atoms with E-state index in [0.29, 0.717) is 11.2 Å². The van der Waals surface area contributed by atoms with E-state index in [1.165, 1.54) is 11.1 Å². The van der Waals surface area contributed by atoms with Gasteiger partial charge in [0.2, 0.25) is 0 Å². The van der Waals surface area contributed by atoms with Gasteiger partial charge in [-0.2, -0.15) is 0 Å². The molecule has 1 heterocycles. The number of hydrogen-bond acceptors (Lipinski definition) is 2. The standard InChI is InChI=1S/C14H19BrN2OS/c1-9-6-11(15)7-10(2)13(9)17-14(19)16-8-12-4-3-5-18-12/h6-7,12H,3-5,8H2,1-2H3,(H2,16,17,19)/t12-/m0/s1. The van der Waals surface area contributed by atoms with Gasteiger partial charge in [-0.15, -0.1) is 0 Å². The average Bonchev–Trinajstić information content (AvgIpc) is 2.84. The summed E-state index contributed by atoms with van der Waals surface area (Å²) in [6.07, 6.45) is 2.57. The Bertz CT molecular complexity index is 450. The molecule has 5 heteroatoms. The number of thiocarbonyl (C=S) groups is 1.